The predicted octanol–water partition coefficient (Wildman–Crippen LogP) is 3.63. The number of ether oxygens (including phenoxy) is 1. The Morgan fingerprint density at radius 3 is 2.13 bits per heavy atom. The molecule has 0 unspecified atom stereocenters. The lowest BCUT2D eigenvalue weighted by atomic mass is 9.98. The van der Waals surface area contributed by atoms with Gasteiger partial charge in [-0.25, -0.2) is 4.79 Å². The zero-order valence-corrected chi connectivity index (χ0v) is 9.87. The SMILES string of the molecule is C=CC(=O)OC1CCCCC1.CC=CC. The van der Waals surface area contributed by atoms with E-state index in [0.717, 1.165) is 12.8 Å². The maximum absolute atomic E-state index is 10.7. The van der Waals surface area contributed by atoms with Gasteiger partial charge in [-0.2, -0.15) is 0 Å². The Morgan fingerprint density at radius 1 is 1.20 bits per heavy atom. The van der Waals surface area contributed by atoms with Crippen LogP contribution in [0.3, 0.4) is 0 Å². The van der Waals surface area contributed by atoms with Crippen molar-refractivity contribution < 1.29 is 9.53 Å². The Kier molecular flexibility index (Phi) is 8.84. The van der Waals surface area contributed by atoms with Crippen LogP contribution in [0.2, 0.25) is 0 Å². The van der Waals surface area contributed by atoms with Gasteiger partial charge >= 0.3 is 5.97 Å². The molecule has 0 heterocycles. The van der Waals surface area contributed by atoms with Gasteiger partial charge in [-0.1, -0.05) is 25.2 Å². The molecule has 1 saturated carbocycles. The maximum Gasteiger partial charge on any atom is 0.330 e. The normalized spacial score (nSPS) is 16.7. The number of allylic oxidation sites excluding steroid dienone is 2. The molecule has 0 atom stereocenters. The second kappa shape index (κ2) is 9.50. The van der Waals surface area contributed by atoms with E-state index in [0.29, 0.717) is 0 Å². The minimum absolute atomic E-state index is 0.161. The first-order valence-corrected chi connectivity index (χ1v) is 5.65. The molecule has 1 aliphatic carbocycles. The van der Waals surface area contributed by atoms with Crippen LogP contribution >= 0.6 is 0 Å². The molecule has 86 valence electrons. The Balaban J connectivity index is 0.000000423. The summed E-state index contributed by atoms with van der Waals surface area (Å²) in [7, 11) is 0. The van der Waals surface area contributed by atoms with E-state index in [-0.39, 0.29) is 12.1 Å². The fraction of sp³-hybridized carbons (Fsp3) is 0.615. The van der Waals surface area contributed by atoms with Crippen molar-refractivity contribution >= 4 is 5.97 Å². The van der Waals surface area contributed by atoms with Crippen molar-refractivity contribution in [1.29, 1.82) is 0 Å². The topological polar surface area (TPSA) is 26.3 Å². The van der Waals surface area contributed by atoms with E-state index in [9.17, 15) is 4.79 Å². The molecule has 0 aromatic carbocycles. The lowest BCUT2D eigenvalue weighted by Gasteiger charge is -2.20. The van der Waals surface area contributed by atoms with Crippen LogP contribution in [0.1, 0.15) is 46.0 Å². The fourth-order valence-electron chi connectivity index (χ4n) is 1.40. The lowest BCUT2D eigenvalue weighted by molar-refractivity contribution is -0.144. The summed E-state index contributed by atoms with van der Waals surface area (Å²) in [5.41, 5.74) is 0. The summed E-state index contributed by atoms with van der Waals surface area (Å²) in [6.45, 7) is 7.35. The molecule has 1 aliphatic rings. The van der Waals surface area contributed by atoms with Crippen LogP contribution in [-0.2, 0) is 9.53 Å². The van der Waals surface area contributed by atoms with Gasteiger partial charge in [0.1, 0.15) is 6.10 Å². The lowest BCUT2D eigenvalue weighted by Crippen LogP contribution is -2.19. The van der Waals surface area contributed by atoms with Crippen molar-refractivity contribution in [3.8, 4) is 0 Å². The van der Waals surface area contributed by atoms with Gasteiger partial charge in [-0.15, -0.1) is 0 Å². The Morgan fingerprint density at radius 2 is 1.73 bits per heavy atom. The van der Waals surface area contributed by atoms with Crippen molar-refractivity contribution in [2.24, 2.45) is 0 Å². The van der Waals surface area contributed by atoms with Crippen molar-refractivity contribution in [1.82, 2.24) is 0 Å². The molecule has 0 saturated heterocycles. The minimum Gasteiger partial charge on any atom is -0.459 e. The first-order chi connectivity index (χ1) is 7.24. The number of carbonyl (C=O) groups is 1. The molecular formula is C13H22O2. The Bertz CT molecular complexity index is 197. The summed E-state index contributed by atoms with van der Waals surface area (Å²) < 4.78 is 5.08. The fourth-order valence-corrected chi connectivity index (χ4v) is 1.40. The van der Waals surface area contributed by atoms with Gasteiger partial charge in [0, 0.05) is 6.08 Å². The highest BCUT2D eigenvalue weighted by Gasteiger charge is 2.15. The van der Waals surface area contributed by atoms with Crippen LogP contribution in [0.5, 0.6) is 0 Å². The van der Waals surface area contributed by atoms with E-state index >= 15 is 0 Å². The summed E-state index contributed by atoms with van der Waals surface area (Å²) in [4.78, 5) is 10.7. The molecule has 1 rings (SSSR count). The first kappa shape index (κ1) is 13.9. The van der Waals surface area contributed by atoms with Gasteiger partial charge < -0.3 is 4.74 Å². The highest BCUT2D eigenvalue weighted by Crippen LogP contribution is 2.20. The number of esters is 1. The van der Waals surface area contributed by atoms with Crippen LogP contribution in [0, 0.1) is 0 Å². The van der Waals surface area contributed by atoms with E-state index in [2.05, 4.69) is 6.58 Å². The monoisotopic (exact) mass is 210 g/mol. The minimum atomic E-state index is -0.281. The highest BCUT2D eigenvalue weighted by atomic mass is 16.5. The van der Waals surface area contributed by atoms with Crippen LogP contribution in [0.4, 0.5) is 0 Å². The predicted molar refractivity (Wildman–Crippen MR) is 63.7 cm³/mol. The molecule has 2 nitrogen and oxygen atoms in total. The average Bonchev–Trinajstić information content (AvgIpc) is 2.30. The van der Waals surface area contributed by atoms with Crippen molar-refractivity contribution in [2.75, 3.05) is 0 Å². The summed E-state index contributed by atoms with van der Waals surface area (Å²) in [5, 5.41) is 0. The molecule has 0 aliphatic heterocycles. The summed E-state index contributed by atoms with van der Waals surface area (Å²) >= 11 is 0. The first-order valence-electron chi connectivity index (χ1n) is 5.65. The van der Waals surface area contributed by atoms with Gasteiger partial charge in [0.05, 0.1) is 0 Å². The zero-order valence-electron chi connectivity index (χ0n) is 9.87. The van der Waals surface area contributed by atoms with Crippen LogP contribution < -0.4 is 0 Å². The van der Waals surface area contributed by atoms with Crippen molar-refractivity contribution in [3.05, 3.63) is 24.8 Å². The van der Waals surface area contributed by atoms with Crippen molar-refractivity contribution in [2.45, 2.75) is 52.1 Å². The van der Waals surface area contributed by atoms with Gasteiger partial charge in [0.25, 0.3) is 0 Å². The highest BCUT2D eigenvalue weighted by molar-refractivity contribution is 5.81. The Hall–Kier alpha value is -1.05. The third kappa shape index (κ3) is 7.98. The molecule has 0 N–H and O–H groups in total. The number of hydrogen-bond donors (Lipinski definition) is 0. The van der Waals surface area contributed by atoms with Gasteiger partial charge in [0.15, 0.2) is 0 Å². The average molecular weight is 210 g/mol. The molecular weight excluding hydrogens is 188 g/mol. The molecule has 0 aromatic heterocycles. The molecule has 0 aromatic rings. The molecule has 0 amide bonds. The number of carbonyl (C=O) groups excluding carboxylic acids is 1. The number of hydrogen-bond acceptors (Lipinski definition) is 2. The second-order valence-corrected chi connectivity index (χ2v) is 3.57. The molecule has 2 heteroatoms. The zero-order chi connectivity index (χ0) is 11.5. The maximum atomic E-state index is 10.7. The van der Waals surface area contributed by atoms with Crippen LogP contribution in [-0.4, -0.2) is 12.1 Å². The van der Waals surface area contributed by atoms with Crippen molar-refractivity contribution in [3.63, 3.8) is 0 Å². The van der Waals surface area contributed by atoms with Gasteiger partial charge in [-0.05, 0) is 39.5 Å². The summed E-state index contributed by atoms with van der Waals surface area (Å²) in [5.74, 6) is -0.281. The molecule has 0 bridgehead atoms. The second-order valence-electron chi connectivity index (χ2n) is 3.57. The van der Waals surface area contributed by atoms with E-state index < -0.39 is 0 Å². The largest absolute Gasteiger partial charge is 0.459 e. The van der Waals surface area contributed by atoms with E-state index in [1.807, 2.05) is 26.0 Å². The van der Waals surface area contributed by atoms with E-state index in [4.69, 9.17) is 4.74 Å². The Labute approximate surface area is 93.0 Å². The molecule has 0 radical (unpaired) electrons. The van der Waals surface area contributed by atoms with Gasteiger partial charge in [-0.3, -0.25) is 0 Å². The summed E-state index contributed by atoms with van der Waals surface area (Å²) in [6.07, 6.45) is 11.1. The van der Waals surface area contributed by atoms with Crippen LogP contribution in [0.25, 0.3) is 0 Å². The van der Waals surface area contributed by atoms with E-state index in [1.54, 1.807) is 0 Å². The smallest absolute Gasteiger partial charge is 0.330 e. The van der Waals surface area contributed by atoms with Gasteiger partial charge in [0.2, 0.25) is 0 Å². The standard InChI is InChI=1S/C9H14O2.C4H8/c1-2-9(10)11-8-6-4-3-5-7-8;1-3-4-2/h2,8H,1,3-7H2;3-4H,1-2H3. The van der Waals surface area contributed by atoms with E-state index in [1.165, 1.54) is 25.3 Å². The number of rotatable bonds is 2. The summed E-state index contributed by atoms with van der Waals surface area (Å²) in [6, 6.07) is 0. The molecule has 0 spiro atoms. The quantitative estimate of drug-likeness (QED) is 0.395. The third-order valence-corrected chi connectivity index (χ3v) is 2.34. The van der Waals surface area contributed by atoms with Crippen LogP contribution in [0.15, 0.2) is 24.8 Å². The molecule has 1 fully saturated rings. The molecule has 15 heavy (non-hydrogen) atoms. The third-order valence-electron chi connectivity index (χ3n) is 2.34.